The van der Waals surface area contributed by atoms with E-state index in [9.17, 15) is 9.18 Å². The number of carbonyl (C=O) groups is 1. The van der Waals surface area contributed by atoms with Gasteiger partial charge in [-0.3, -0.25) is 9.63 Å². The molecule has 0 unspecified atom stereocenters. The molecule has 24 heavy (non-hydrogen) atoms. The number of amides is 1. The van der Waals surface area contributed by atoms with E-state index in [1.165, 1.54) is 26.3 Å². The number of halogens is 1. The van der Waals surface area contributed by atoms with Gasteiger partial charge in [-0.2, -0.15) is 0 Å². The lowest BCUT2D eigenvalue weighted by atomic mass is 9.95. The van der Waals surface area contributed by atoms with Crippen molar-refractivity contribution >= 4 is 16.7 Å². The Morgan fingerprint density at radius 3 is 2.50 bits per heavy atom. The average Bonchev–Trinajstić information content (AvgIpc) is 2.60. The van der Waals surface area contributed by atoms with E-state index in [2.05, 4.69) is 4.98 Å². The first kappa shape index (κ1) is 16.1. The van der Waals surface area contributed by atoms with Crippen molar-refractivity contribution < 1.29 is 14.0 Å². The first-order chi connectivity index (χ1) is 11.5. The smallest absolute Gasteiger partial charge is 0.274 e. The molecule has 0 atom stereocenters. The zero-order valence-corrected chi connectivity index (χ0v) is 13.7. The molecule has 1 amide bonds. The maximum atomic E-state index is 13.7. The van der Waals surface area contributed by atoms with Crippen molar-refractivity contribution in [3.8, 4) is 11.1 Å². The van der Waals surface area contributed by atoms with Crippen LogP contribution in [0.3, 0.4) is 0 Å². The van der Waals surface area contributed by atoms with Crippen molar-refractivity contribution in [3.63, 3.8) is 0 Å². The van der Waals surface area contributed by atoms with E-state index in [0.717, 1.165) is 21.5 Å². The van der Waals surface area contributed by atoms with Crippen LogP contribution in [-0.2, 0) is 4.84 Å². The fourth-order valence-corrected chi connectivity index (χ4v) is 2.75. The molecule has 1 aromatic heterocycles. The third-order valence-electron chi connectivity index (χ3n) is 3.98. The standard InChI is InChI=1S/C19H17FN2O2/c1-12-15-9-4-5-10-16(15)17(13-7-6-8-14(20)11-13)18(21-12)19(23)22(2)24-3/h4-11H,1-3H3. The summed E-state index contributed by atoms with van der Waals surface area (Å²) in [5.41, 5.74) is 2.18. The van der Waals surface area contributed by atoms with Crippen LogP contribution in [0.5, 0.6) is 0 Å². The van der Waals surface area contributed by atoms with Gasteiger partial charge in [0.15, 0.2) is 0 Å². The molecule has 0 spiro atoms. The topological polar surface area (TPSA) is 42.4 Å². The highest BCUT2D eigenvalue weighted by Crippen LogP contribution is 2.33. The zero-order chi connectivity index (χ0) is 17.3. The minimum atomic E-state index is -0.384. The van der Waals surface area contributed by atoms with E-state index in [1.807, 2.05) is 31.2 Å². The summed E-state index contributed by atoms with van der Waals surface area (Å²) in [6.45, 7) is 1.85. The van der Waals surface area contributed by atoms with Gasteiger partial charge < -0.3 is 0 Å². The molecular formula is C19H17FN2O2. The molecule has 3 aromatic rings. The van der Waals surface area contributed by atoms with Crippen molar-refractivity contribution in [2.75, 3.05) is 14.2 Å². The Morgan fingerprint density at radius 1 is 1.12 bits per heavy atom. The molecule has 1 heterocycles. The summed E-state index contributed by atoms with van der Waals surface area (Å²) in [6, 6.07) is 13.8. The van der Waals surface area contributed by atoms with Crippen molar-refractivity contribution in [3.05, 3.63) is 65.7 Å². The Morgan fingerprint density at radius 2 is 1.83 bits per heavy atom. The SMILES string of the molecule is CON(C)C(=O)c1nc(C)c2ccccc2c1-c1cccc(F)c1. The first-order valence-electron chi connectivity index (χ1n) is 7.50. The van der Waals surface area contributed by atoms with Crippen LogP contribution in [0.15, 0.2) is 48.5 Å². The van der Waals surface area contributed by atoms with Gasteiger partial charge in [0.25, 0.3) is 5.91 Å². The van der Waals surface area contributed by atoms with Crippen molar-refractivity contribution in [1.82, 2.24) is 10.0 Å². The molecule has 0 saturated heterocycles. The van der Waals surface area contributed by atoms with Crippen LogP contribution < -0.4 is 0 Å². The Balaban J connectivity index is 2.39. The summed E-state index contributed by atoms with van der Waals surface area (Å²) in [6.07, 6.45) is 0. The zero-order valence-electron chi connectivity index (χ0n) is 13.7. The maximum absolute atomic E-state index is 13.7. The fraction of sp³-hybridized carbons (Fsp3) is 0.158. The number of carbonyl (C=O) groups excluding carboxylic acids is 1. The molecule has 0 saturated carbocycles. The van der Waals surface area contributed by atoms with E-state index in [4.69, 9.17) is 4.84 Å². The molecular weight excluding hydrogens is 307 g/mol. The monoisotopic (exact) mass is 324 g/mol. The summed E-state index contributed by atoms with van der Waals surface area (Å²) in [7, 11) is 2.93. The quantitative estimate of drug-likeness (QED) is 0.684. The highest BCUT2D eigenvalue weighted by atomic mass is 19.1. The van der Waals surface area contributed by atoms with Gasteiger partial charge in [-0.05, 0) is 30.0 Å². The first-order valence-corrected chi connectivity index (χ1v) is 7.50. The normalized spacial score (nSPS) is 10.8. The number of rotatable bonds is 3. The van der Waals surface area contributed by atoms with Crippen molar-refractivity contribution in [2.24, 2.45) is 0 Å². The lowest BCUT2D eigenvalue weighted by Crippen LogP contribution is -2.27. The Kier molecular flexibility index (Phi) is 4.27. The van der Waals surface area contributed by atoms with Crippen molar-refractivity contribution in [1.29, 1.82) is 0 Å². The van der Waals surface area contributed by atoms with Gasteiger partial charge >= 0.3 is 0 Å². The second-order valence-corrected chi connectivity index (χ2v) is 5.46. The van der Waals surface area contributed by atoms with Gasteiger partial charge in [0, 0.05) is 23.7 Å². The van der Waals surface area contributed by atoms with Crippen LogP contribution >= 0.6 is 0 Å². The van der Waals surface area contributed by atoms with Crippen LogP contribution in [-0.4, -0.2) is 30.1 Å². The van der Waals surface area contributed by atoms with E-state index in [0.29, 0.717) is 11.1 Å². The number of nitrogens with zero attached hydrogens (tertiary/aromatic N) is 2. The van der Waals surface area contributed by atoms with E-state index in [1.54, 1.807) is 12.1 Å². The maximum Gasteiger partial charge on any atom is 0.296 e. The lowest BCUT2D eigenvalue weighted by molar-refractivity contribution is -0.0759. The molecule has 122 valence electrons. The molecule has 0 aliphatic carbocycles. The van der Waals surface area contributed by atoms with E-state index < -0.39 is 0 Å². The van der Waals surface area contributed by atoms with Crippen LogP contribution in [0.2, 0.25) is 0 Å². The molecule has 0 bridgehead atoms. The summed E-state index contributed by atoms with van der Waals surface area (Å²) in [5.74, 6) is -0.749. The highest BCUT2D eigenvalue weighted by Gasteiger charge is 2.22. The highest BCUT2D eigenvalue weighted by molar-refractivity contribution is 6.08. The van der Waals surface area contributed by atoms with E-state index >= 15 is 0 Å². The molecule has 5 heteroatoms. The largest absolute Gasteiger partial charge is 0.296 e. The third kappa shape index (κ3) is 2.74. The molecule has 0 N–H and O–H groups in total. The fourth-order valence-electron chi connectivity index (χ4n) is 2.75. The molecule has 4 nitrogen and oxygen atoms in total. The number of pyridine rings is 1. The van der Waals surface area contributed by atoms with Crippen LogP contribution in [0.1, 0.15) is 16.2 Å². The molecule has 0 aliphatic heterocycles. The van der Waals surface area contributed by atoms with Gasteiger partial charge in [-0.1, -0.05) is 36.4 Å². The second kappa shape index (κ2) is 6.37. The van der Waals surface area contributed by atoms with E-state index in [-0.39, 0.29) is 17.4 Å². The Hall–Kier alpha value is -2.79. The molecule has 0 fully saturated rings. The van der Waals surface area contributed by atoms with Gasteiger partial charge in [0.2, 0.25) is 0 Å². The number of aromatic nitrogens is 1. The van der Waals surface area contributed by atoms with Gasteiger partial charge in [0.1, 0.15) is 11.5 Å². The van der Waals surface area contributed by atoms with Crippen LogP contribution in [0.4, 0.5) is 4.39 Å². The second-order valence-electron chi connectivity index (χ2n) is 5.46. The minimum absolute atomic E-state index is 0.237. The van der Waals surface area contributed by atoms with Gasteiger partial charge in [-0.15, -0.1) is 0 Å². The molecule has 0 radical (unpaired) electrons. The van der Waals surface area contributed by atoms with Gasteiger partial charge in [-0.25, -0.2) is 14.4 Å². The summed E-state index contributed by atoms with van der Waals surface area (Å²) in [4.78, 5) is 22.2. The number of hydrogen-bond donors (Lipinski definition) is 0. The molecule has 0 aliphatic rings. The van der Waals surface area contributed by atoms with Crippen LogP contribution in [0, 0.1) is 12.7 Å². The number of hydrogen-bond acceptors (Lipinski definition) is 3. The predicted octanol–water partition coefficient (Wildman–Crippen LogP) is 3.98. The predicted molar refractivity (Wildman–Crippen MR) is 91.0 cm³/mol. The summed E-state index contributed by atoms with van der Waals surface area (Å²) >= 11 is 0. The van der Waals surface area contributed by atoms with Crippen molar-refractivity contribution in [2.45, 2.75) is 6.92 Å². The average molecular weight is 324 g/mol. The van der Waals surface area contributed by atoms with Crippen LogP contribution in [0.25, 0.3) is 21.9 Å². The number of fused-ring (bicyclic) bond motifs is 1. The minimum Gasteiger partial charge on any atom is -0.274 e. The Labute approximate surface area is 139 Å². The summed E-state index contributed by atoms with van der Waals surface area (Å²) in [5, 5.41) is 2.89. The summed E-state index contributed by atoms with van der Waals surface area (Å²) < 4.78 is 13.7. The number of hydroxylamine groups is 2. The lowest BCUT2D eigenvalue weighted by Gasteiger charge is -2.18. The van der Waals surface area contributed by atoms with Gasteiger partial charge in [0.05, 0.1) is 7.11 Å². The Bertz CT molecular complexity index is 924. The molecule has 2 aromatic carbocycles. The molecule has 3 rings (SSSR count). The number of aryl methyl sites for hydroxylation is 1. The third-order valence-corrected chi connectivity index (χ3v) is 3.98. The number of benzene rings is 2.